The largest absolute Gasteiger partial charge is 0.496 e. The van der Waals surface area contributed by atoms with E-state index in [1.807, 2.05) is 13.0 Å². The lowest BCUT2D eigenvalue weighted by atomic mass is 10.1. The molecule has 2 rings (SSSR count). The van der Waals surface area contributed by atoms with Gasteiger partial charge in [0.15, 0.2) is 0 Å². The Balaban J connectivity index is 2.47. The number of ether oxygens (including phenoxy) is 2. The molecule has 2 aromatic carbocycles. The van der Waals surface area contributed by atoms with E-state index in [4.69, 9.17) is 14.7 Å². The molecule has 1 unspecified atom stereocenters. The minimum absolute atomic E-state index is 0.516. The van der Waals surface area contributed by atoms with Crippen molar-refractivity contribution in [3.8, 4) is 23.3 Å². The molecule has 0 spiro atoms. The van der Waals surface area contributed by atoms with Gasteiger partial charge in [0.1, 0.15) is 17.2 Å². The summed E-state index contributed by atoms with van der Waals surface area (Å²) in [5.74, 6) is 1.67. The third kappa shape index (κ3) is 3.15. The second-order valence-corrected chi connectivity index (χ2v) is 4.74. The maximum Gasteiger partial charge on any atom is 0.136 e. The lowest BCUT2D eigenvalue weighted by molar-refractivity contribution is 0.190. The summed E-state index contributed by atoms with van der Waals surface area (Å²) in [5, 5.41) is 18.9. The van der Waals surface area contributed by atoms with E-state index in [1.54, 1.807) is 44.4 Å². The summed E-state index contributed by atoms with van der Waals surface area (Å²) in [4.78, 5) is 0. The fourth-order valence-corrected chi connectivity index (χ4v) is 2.10. The highest BCUT2D eigenvalue weighted by atomic mass is 16.5. The molecule has 2 aromatic rings. The number of aliphatic hydroxyl groups is 1. The molecule has 0 aliphatic rings. The monoisotopic (exact) mass is 283 g/mol. The molecule has 0 aliphatic carbocycles. The number of hydrogen-bond acceptors (Lipinski definition) is 4. The van der Waals surface area contributed by atoms with Crippen LogP contribution in [0.25, 0.3) is 0 Å². The zero-order valence-electron chi connectivity index (χ0n) is 12.3. The number of aliphatic hydroxyl groups excluding tert-OH is 1. The van der Waals surface area contributed by atoms with Crippen LogP contribution in [-0.4, -0.2) is 12.2 Å². The fraction of sp³-hybridized carbons (Fsp3) is 0.235. The van der Waals surface area contributed by atoms with Crippen LogP contribution in [0.3, 0.4) is 0 Å². The van der Waals surface area contributed by atoms with Crippen molar-refractivity contribution in [3.63, 3.8) is 0 Å². The number of nitrogens with zero attached hydrogens (tertiary/aromatic N) is 1. The van der Waals surface area contributed by atoms with Crippen molar-refractivity contribution in [2.45, 2.75) is 20.0 Å². The van der Waals surface area contributed by atoms with E-state index in [-0.39, 0.29) is 0 Å². The minimum Gasteiger partial charge on any atom is -0.496 e. The summed E-state index contributed by atoms with van der Waals surface area (Å²) in [6, 6.07) is 12.7. The maximum atomic E-state index is 9.95. The Hall–Kier alpha value is -2.51. The van der Waals surface area contributed by atoms with Crippen LogP contribution in [-0.2, 0) is 0 Å². The Kier molecular flexibility index (Phi) is 4.46. The van der Waals surface area contributed by atoms with Gasteiger partial charge in [-0.1, -0.05) is 12.1 Å². The number of benzene rings is 2. The molecular formula is C17H17NO3. The van der Waals surface area contributed by atoms with Crippen LogP contribution in [0.5, 0.6) is 17.2 Å². The topological polar surface area (TPSA) is 62.5 Å². The molecule has 21 heavy (non-hydrogen) atoms. The first kappa shape index (κ1) is 14.9. The molecule has 0 aromatic heterocycles. The first-order chi connectivity index (χ1) is 10.1. The van der Waals surface area contributed by atoms with Gasteiger partial charge in [0.2, 0.25) is 0 Å². The van der Waals surface area contributed by atoms with Crippen molar-refractivity contribution in [1.82, 2.24) is 0 Å². The van der Waals surface area contributed by atoms with Gasteiger partial charge in [-0.05, 0) is 43.7 Å². The Labute approximate surface area is 124 Å². The molecular weight excluding hydrogens is 266 g/mol. The van der Waals surface area contributed by atoms with Crippen molar-refractivity contribution in [1.29, 1.82) is 5.26 Å². The van der Waals surface area contributed by atoms with Crippen molar-refractivity contribution in [3.05, 3.63) is 53.1 Å². The molecule has 0 heterocycles. The summed E-state index contributed by atoms with van der Waals surface area (Å²) < 4.78 is 11.2. The number of nitriles is 1. The highest BCUT2D eigenvalue weighted by molar-refractivity contribution is 5.50. The van der Waals surface area contributed by atoms with Gasteiger partial charge >= 0.3 is 0 Å². The third-order valence-corrected chi connectivity index (χ3v) is 3.20. The first-order valence-electron chi connectivity index (χ1n) is 6.60. The molecule has 0 amide bonds. The van der Waals surface area contributed by atoms with E-state index in [0.29, 0.717) is 28.4 Å². The Morgan fingerprint density at radius 3 is 2.48 bits per heavy atom. The number of rotatable bonds is 4. The van der Waals surface area contributed by atoms with E-state index in [1.165, 1.54) is 0 Å². The van der Waals surface area contributed by atoms with E-state index in [0.717, 1.165) is 5.56 Å². The molecule has 1 atom stereocenters. The predicted octanol–water partition coefficient (Wildman–Crippen LogP) is 3.72. The van der Waals surface area contributed by atoms with Crippen molar-refractivity contribution < 1.29 is 14.6 Å². The highest BCUT2D eigenvalue weighted by Gasteiger charge is 2.16. The standard InChI is InChI=1S/C17H17NO3/c1-11-7-8-13(10-18)9-16(11)21-15-6-4-5-14(20-3)17(15)12(2)19/h4-9,12,19H,1-3H3. The quantitative estimate of drug-likeness (QED) is 0.928. The van der Waals surface area contributed by atoms with Crippen molar-refractivity contribution in [2.24, 2.45) is 0 Å². The average molecular weight is 283 g/mol. The summed E-state index contributed by atoms with van der Waals surface area (Å²) in [5.41, 5.74) is 2.02. The van der Waals surface area contributed by atoms with Gasteiger partial charge in [-0.3, -0.25) is 0 Å². The fourth-order valence-electron chi connectivity index (χ4n) is 2.10. The zero-order valence-corrected chi connectivity index (χ0v) is 12.3. The van der Waals surface area contributed by atoms with Gasteiger partial charge in [-0.15, -0.1) is 0 Å². The maximum absolute atomic E-state index is 9.95. The second-order valence-electron chi connectivity index (χ2n) is 4.74. The molecule has 1 N–H and O–H groups in total. The normalized spacial score (nSPS) is 11.6. The zero-order chi connectivity index (χ0) is 15.4. The Morgan fingerprint density at radius 2 is 1.86 bits per heavy atom. The molecule has 4 heteroatoms. The summed E-state index contributed by atoms with van der Waals surface area (Å²) in [6.45, 7) is 3.56. The smallest absolute Gasteiger partial charge is 0.136 e. The SMILES string of the molecule is COc1cccc(Oc2cc(C#N)ccc2C)c1C(C)O. The molecule has 0 fully saturated rings. The average Bonchev–Trinajstić information content (AvgIpc) is 2.48. The number of aryl methyl sites for hydroxylation is 1. The van der Waals surface area contributed by atoms with Crippen LogP contribution in [0.15, 0.2) is 36.4 Å². The second kappa shape index (κ2) is 6.29. The van der Waals surface area contributed by atoms with Crippen LogP contribution in [0.2, 0.25) is 0 Å². The minimum atomic E-state index is -0.726. The van der Waals surface area contributed by atoms with Crippen LogP contribution in [0.1, 0.15) is 29.7 Å². The van der Waals surface area contributed by atoms with Crippen LogP contribution in [0.4, 0.5) is 0 Å². The third-order valence-electron chi connectivity index (χ3n) is 3.20. The summed E-state index contributed by atoms with van der Waals surface area (Å²) in [7, 11) is 1.55. The molecule has 4 nitrogen and oxygen atoms in total. The number of methoxy groups -OCH3 is 1. The van der Waals surface area contributed by atoms with E-state index >= 15 is 0 Å². The van der Waals surface area contributed by atoms with Gasteiger partial charge in [-0.25, -0.2) is 0 Å². The highest BCUT2D eigenvalue weighted by Crippen LogP contribution is 2.37. The van der Waals surface area contributed by atoms with Crippen molar-refractivity contribution >= 4 is 0 Å². The summed E-state index contributed by atoms with van der Waals surface area (Å²) >= 11 is 0. The summed E-state index contributed by atoms with van der Waals surface area (Å²) in [6.07, 6.45) is -0.726. The van der Waals surface area contributed by atoms with E-state index in [2.05, 4.69) is 6.07 Å². The van der Waals surface area contributed by atoms with Gasteiger partial charge in [-0.2, -0.15) is 5.26 Å². The Morgan fingerprint density at radius 1 is 1.14 bits per heavy atom. The molecule has 108 valence electrons. The predicted molar refractivity (Wildman–Crippen MR) is 79.6 cm³/mol. The van der Waals surface area contributed by atoms with Crippen LogP contribution >= 0.6 is 0 Å². The molecule has 0 radical (unpaired) electrons. The Bertz CT molecular complexity index is 687. The molecule has 0 saturated carbocycles. The van der Waals surface area contributed by atoms with Gasteiger partial charge in [0, 0.05) is 0 Å². The lowest BCUT2D eigenvalue weighted by Crippen LogP contribution is -2.00. The molecule has 0 aliphatic heterocycles. The van der Waals surface area contributed by atoms with Crippen LogP contribution < -0.4 is 9.47 Å². The van der Waals surface area contributed by atoms with Gasteiger partial charge < -0.3 is 14.6 Å². The van der Waals surface area contributed by atoms with E-state index in [9.17, 15) is 5.11 Å². The first-order valence-corrected chi connectivity index (χ1v) is 6.60. The molecule has 0 bridgehead atoms. The lowest BCUT2D eigenvalue weighted by Gasteiger charge is -2.17. The number of hydrogen-bond donors (Lipinski definition) is 1. The van der Waals surface area contributed by atoms with E-state index < -0.39 is 6.10 Å². The van der Waals surface area contributed by atoms with Gasteiger partial charge in [0.05, 0.1) is 30.4 Å². The van der Waals surface area contributed by atoms with Gasteiger partial charge in [0.25, 0.3) is 0 Å². The van der Waals surface area contributed by atoms with Crippen LogP contribution in [0, 0.1) is 18.3 Å². The molecule has 0 saturated heterocycles. The van der Waals surface area contributed by atoms with Crippen molar-refractivity contribution in [2.75, 3.05) is 7.11 Å².